The molecule has 0 amide bonds. The van der Waals surface area contributed by atoms with Crippen molar-refractivity contribution in [2.45, 2.75) is 25.5 Å². The SMILES string of the molecule is OC(O)(O)OCCCc1cc2c(NCc3cccs3)nc(Cl)nn2c1Cl. The molecule has 0 fully saturated rings. The van der Waals surface area contributed by atoms with Crippen LogP contribution in [0.1, 0.15) is 16.9 Å². The second-order valence-electron chi connectivity index (χ2n) is 5.45. The van der Waals surface area contributed by atoms with Crippen molar-refractivity contribution >= 4 is 45.9 Å². The zero-order valence-corrected chi connectivity index (χ0v) is 15.7. The molecule has 0 aliphatic rings. The quantitative estimate of drug-likeness (QED) is 0.327. The van der Waals surface area contributed by atoms with Gasteiger partial charge in [-0.05, 0) is 47.5 Å². The molecule has 140 valence electrons. The molecule has 0 unspecified atom stereocenters. The molecular formula is C15H16Cl2N4O4S. The van der Waals surface area contributed by atoms with Crippen LogP contribution in [-0.4, -0.2) is 42.7 Å². The maximum absolute atomic E-state index is 8.71. The second kappa shape index (κ2) is 8.05. The summed E-state index contributed by atoms with van der Waals surface area (Å²) in [4.78, 5) is 5.38. The monoisotopic (exact) mass is 418 g/mol. The van der Waals surface area contributed by atoms with Gasteiger partial charge in [-0.2, -0.15) is 4.98 Å². The Morgan fingerprint density at radius 2 is 2.12 bits per heavy atom. The summed E-state index contributed by atoms with van der Waals surface area (Å²) in [6.45, 7) is 0.528. The van der Waals surface area contributed by atoms with E-state index in [0.29, 0.717) is 35.9 Å². The maximum Gasteiger partial charge on any atom is 0.404 e. The number of aromatic nitrogens is 3. The van der Waals surface area contributed by atoms with Crippen LogP contribution in [0.2, 0.25) is 10.4 Å². The number of nitrogens with one attached hydrogen (secondary N) is 1. The summed E-state index contributed by atoms with van der Waals surface area (Å²) in [5.74, 6) is 0.558. The summed E-state index contributed by atoms with van der Waals surface area (Å²) in [7, 11) is 0. The first-order valence-corrected chi connectivity index (χ1v) is 9.28. The fourth-order valence-electron chi connectivity index (χ4n) is 2.41. The largest absolute Gasteiger partial charge is 0.404 e. The molecule has 3 aromatic heterocycles. The predicted octanol–water partition coefficient (Wildman–Crippen LogP) is 2.25. The Morgan fingerprint density at radius 1 is 1.31 bits per heavy atom. The van der Waals surface area contributed by atoms with Crippen molar-refractivity contribution in [3.63, 3.8) is 0 Å². The molecule has 0 aromatic carbocycles. The van der Waals surface area contributed by atoms with Gasteiger partial charge < -0.3 is 25.4 Å². The van der Waals surface area contributed by atoms with Crippen molar-refractivity contribution in [1.29, 1.82) is 0 Å². The Bertz CT molecular complexity index is 880. The molecule has 4 N–H and O–H groups in total. The lowest BCUT2D eigenvalue weighted by atomic mass is 10.2. The minimum absolute atomic E-state index is 0.0594. The third kappa shape index (κ3) is 4.83. The lowest BCUT2D eigenvalue weighted by molar-refractivity contribution is -0.454. The van der Waals surface area contributed by atoms with Gasteiger partial charge in [0.05, 0.1) is 13.2 Å². The molecule has 8 nitrogen and oxygen atoms in total. The van der Waals surface area contributed by atoms with Crippen LogP contribution in [0.5, 0.6) is 0 Å². The number of aliphatic hydroxyl groups is 3. The smallest absolute Gasteiger partial charge is 0.363 e. The molecule has 3 aromatic rings. The van der Waals surface area contributed by atoms with E-state index in [-0.39, 0.29) is 11.9 Å². The van der Waals surface area contributed by atoms with Crippen molar-refractivity contribution in [2.24, 2.45) is 0 Å². The average molecular weight is 419 g/mol. The number of fused-ring (bicyclic) bond motifs is 1. The molecule has 0 radical (unpaired) electrons. The molecule has 0 aliphatic heterocycles. The fraction of sp³-hybridized carbons (Fsp3) is 0.333. The van der Waals surface area contributed by atoms with E-state index in [1.165, 1.54) is 4.52 Å². The van der Waals surface area contributed by atoms with Gasteiger partial charge in [0.1, 0.15) is 10.7 Å². The van der Waals surface area contributed by atoms with E-state index in [1.807, 2.05) is 23.6 Å². The van der Waals surface area contributed by atoms with Gasteiger partial charge in [0.2, 0.25) is 5.28 Å². The molecule has 26 heavy (non-hydrogen) atoms. The van der Waals surface area contributed by atoms with Gasteiger partial charge >= 0.3 is 6.16 Å². The van der Waals surface area contributed by atoms with Crippen LogP contribution >= 0.6 is 34.5 Å². The Morgan fingerprint density at radius 3 is 2.81 bits per heavy atom. The number of hydrogen-bond donors (Lipinski definition) is 4. The topological polar surface area (TPSA) is 112 Å². The van der Waals surface area contributed by atoms with Gasteiger partial charge in [-0.1, -0.05) is 17.7 Å². The highest BCUT2D eigenvalue weighted by atomic mass is 35.5. The van der Waals surface area contributed by atoms with Crippen molar-refractivity contribution in [3.05, 3.63) is 44.5 Å². The first-order chi connectivity index (χ1) is 12.3. The molecule has 11 heteroatoms. The Kier molecular flexibility index (Phi) is 5.98. The summed E-state index contributed by atoms with van der Waals surface area (Å²) in [5.41, 5.74) is 1.44. The van der Waals surface area contributed by atoms with Crippen LogP contribution in [0.15, 0.2) is 23.6 Å². The third-order valence-electron chi connectivity index (χ3n) is 3.52. The molecule has 3 rings (SSSR count). The van der Waals surface area contributed by atoms with Gasteiger partial charge in [0.25, 0.3) is 0 Å². The van der Waals surface area contributed by atoms with E-state index < -0.39 is 6.16 Å². The minimum atomic E-state index is -3.13. The normalized spacial score (nSPS) is 12.0. The van der Waals surface area contributed by atoms with E-state index in [4.69, 9.17) is 38.5 Å². The minimum Gasteiger partial charge on any atom is -0.363 e. The summed E-state index contributed by atoms with van der Waals surface area (Å²) in [6.07, 6.45) is -2.26. The fourth-order valence-corrected chi connectivity index (χ4v) is 3.49. The number of hydrogen-bond acceptors (Lipinski definition) is 8. The van der Waals surface area contributed by atoms with E-state index in [0.717, 1.165) is 10.4 Å². The van der Waals surface area contributed by atoms with E-state index in [2.05, 4.69) is 20.1 Å². The van der Waals surface area contributed by atoms with Crippen molar-refractivity contribution in [3.8, 4) is 0 Å². The lowest BCUT2D eigenvalue weighted by Gasteiger charge is -2.13. The standard InChI is InChI=1S/C15H16Cl2N4O4S/c16-12-9(3-1-5-25-15(22,23)24)7-11-13(19-14(17)20-21(11)12)18-8-10-4-2-6-26-10/h2,4,6-7,22-24H,1,3,5,8H2,(H,18,19,20). The number of nitrogens with zero attached hydrogens (tertiary/aromatic N) is 3. The number of halogens is 2. The number of anilines is 1. The Hall–Kier alpha value is -1.46. The summed E-state index contributed by atoms with van der Waals surface area (Å²) < 4.78 is 5.94. The van der Waals surface area contributed by atoms with Crippen molar-refractivity contribution in [2.75, 3.05) is 11.9 Å². The Balaban J connectivity index is 1.76. The van der Waals surface area contributed by atoms with E-state index in [1.54, 1.807) is 11.3 Å². The predicted molar refractivity (Wildman–Crippen MR) is 98.3 cm³/mol. The first-order valence-electron chi connectivity index (χ1n) is 7.64. The van der Waals surface area contributed by atoms with Gasteiger partial charge in [-0.15, -0.1) is 16.4 Å². The van der Waals surface area contributed by atoms with Crippen molar-refractivity contribution < 1.29 is 20.1 Å². The molecule has 0 aliphatic carbocycles. The molecular weight excluding hydrogens is 403 g/mol. The van der Waals surface area contributed by atoms with E-state index in [9.17, 15) is 0 Å². The highest BCUT2D eigenvalue weighted by Crippen LogP contribution is 2.27. The highest BCUT2D eigenvalue weighted by Gasteiger charge is 2.19. The summed E-state index contributed by atoms with van der Waals surface area (Å²) in [6, 6.07) is 5.82. The molecule has 0 bridgehead atoms. The molecule has 0 atom stereocenters. The number of aryl methyl sites for hydroxylation is 1. The van der Waals surface area contributed by atoms with Gasteiger partial charge in [0, 0.05) is 4.88 Å². The zero-order chi connectivity index (χ0) is 18.7. The molecule has 0 spiro atoms. The molecule has 0 saturated carbocycles. The first kappa shape index (κ1) is 19.3. The van der Waals surface area contributed by atoms with Gasteiger partial charge in [-0.25, -0.2) is 4.52 Å². The van der Waals surface area contributed by atoms with Gasteiger partial charge in [-0.3, -0.25) is 0 Å². The van der Waals surface area contributed by atoms with Crippen LogP contribution in [-0.2, 0) is 17.7 Å². The van der Waals surface area contributed by atoms with Crippen LogP contribution < -0.4 is 5.32 Å². The zero-order valence-electron chi connectivity index (χ0n) is 13.4. The number of ether oxygens (including phenoxy) is 1. The summed E-state index contributed by atoms with van der Waals surface area (Å²) >= 11 is 14.0. The van der Waals surface area contributed by atoms with Gasteiger partial charge in [0.15, 0.2) is 5.82 Å². The second-order valence-corrected chi connectivity index (χ2v) is 7.17. The Labute approximate surface area is 162 Å². The van der Waals surface area contributed by atoms with Crippen molar-refractivity contribution in [1.82, 2.24) is 14.6 Å². The van der Waals surface area contributed by atoms with Crippen LogP contribution in [0, 0.1) is 0 Å². The number of thiophene rings is 1. The molecule has 3 heterocycles. The van der Waals surface area contributed by atoms with E-state index >= 15 is 0 Å². The number of rotatable bonds is 8. The van der Waals surface area contributed by atoms with Crippen LogP contribution in [0.25, 0.3) is 5.52 Å². The van der Waals surface area contributed by atoms with Crippen LogP contribution in [0.4, 0.5) is 5.82 Å². The lowest BCUT2D eigenvalue weighted by Crippen LogP contribution is -2.31. The maximum atomic E-state index is 8.71. The summed E-state index contributed by atoms with van der Waals surface area (Å²) in [5, 5.41) is 35.9. The highest BCUT2D eigenvalue weighted by molar-refractivity contribution is 7.09. The molecule has 0 saturated heterocycles. The van der Waals surface area contributed by atoms with Crippen LogP contribution in [0.3, 0.4) is 0 Å². The third-order valence-corrected chi connectivity index (χ3v) is 4.95. The average Bonchev–Trinajstić information content (AvgIpc) is 3.18.